The summed E-state index contributed by atoms with van der Waals surface area (Å²) in [5.41, 5.74) is -0.00195. The second-order valence-corrected chi connectivity index (χ2v) is 5.95. The molecule has 25 heavy (non-hydrogen) atoms. The van der Waals surface area contributed by atoms with Gasteiger partial charge in [-0.05, 0) is 48.7 Å². The molecule has 0 radical (unpaired) electrons. The van der Waals surface area contributed by atoms with E-state index in [1.807, 2.05) is 0 Å². The van der Waals surface area contributed by atoms with E-state index in [2.05, 4.69) is 4.98 Å². The zero-order valence-electron chi connectivity index (χ0n) is 13.3. The number of benzene rings is 2. The summed E-state index contributed by atoms with van der Waals surface area (Å²) in [7, 11) is 0. The van der Waals surface area contributed by atoms with E-state index in [9.17, 15) is 14.4 Å². The zero-order chi connectivity index (χ0) is 18.0. The smallest absolute Gasteiger partial charge is 0.355 e. The highest BCUT2D eigenvalue weighted by atomic mass is 35.5. The Labute approximate surface area is 148 Å². The van der Waals surface area contributed by atoms with E-state index in [1.165, 1.54) is 13.0 Å². The van der Waals surface area contributed by atoms with Crippen molar-refractivity contribution in [1.29, 1.82) is 0 Å². The Morgan fingerprint density at radius 3 is 2.48 bits per heavy atom. The fourth-order valence-electron chi connectivity index (χ4n) is 2.45. The summed E-state index contributed by atoms with van der Waals surface area (Å²) in [6, 6.07) is 14.7. The normalized spacial score (nSPS) is 11.9. The molecule has 0 fully saturated rings. The molecule has 0 aliphatic rings. The maximum atomic E-state index is 12.3. The van der Waals surface area contributed by atoms with Crippen LogP contribution in [0.1, 0.15) is 27.8 Å². The summed E-state index contributed by atoms with van der Waals surface area (Å²) in [6.45, 7) is 1.48. The van der Waals surface area contributed by atoms with Gasteiger partial charge in [0, 0.05) is 16.0 Å². The minimum Gasteiger partial charge on any atom is -0.450 e. The largest absolute Gasteiger partial charge is 0.450 e. The number of carbonyl (C=O) groups excluding carboxylic acids is 2. The van der Waals surface area contributed by atoms with Crippen LogP contribution in [0.15, 0.2) is 59.4 Å². The molecule has 0 saturated heterocycles. The van der Waals surface area contributed by atoms with E-state index < -0.39 is 12.1 Å². The molecule has 0 aliphatic heterocycles. The summed E-state index contributed by atoms with van der Waals surface area (Å²) in [5.74, 6) is -1.12. The third-order valence-electron chi connectivity index (χ3n) is 3.76. The van der Waals surface area contributed by atoms with Gasteiger partial charge in [0.1, 0.15) is 5.69 Å². The highest BCUT2D eigenvalue weighted by Crippen LogP contribution is 2.14. The molecule has 0 aliphatic carbocycles. The van der Waals surface area contributed by atoms with Gasteiger partial charge in [0.15, 0.2) is 6.10 Å². The van der Waals surface area contributed by atoms with E-state index in [-0.39, 0.29) is 17.0 Å². The monoisotopic (exact) mass is 355 g/mol. The molecule has 1 aromatic heterocycles. The van der Waals surface area contributed by atoms with Crippen molar-refractivity contribution in [3.05, 3.63) is 81.2 Å². The predicted molar refractivity (Wildman–Crippen MR) is 95.2 cm³/mol. The Balaban J connectivity index is 1.81. The Morgan fingerprint density at radius 2 is 1.76 bits per heavy atom. The number of ether oxygens (including phenoxy) is 1. The molecule has 1 heterocycles. The highest BCUT2D eigenvalue weighted by molar-refractivity contribution is 6.30. The number of aromatic amines is 1. The maximum Gasteiger partial charge on any atom is 0.355 e. The number of halogens is 1. The fraction of sp³-hybridized carbons (Fsp3) is 0.105. The van der Waals surface area contributed by atoms with Crippen molar-refractivity contribution >= 4 is 34.1 Å². The quantitative estimate of drug-likeness (QED) is 0.573. The van der Waals surface area contributed by atoms with E-state index >= 15 is 0 Å². The predicted octanol–water partition coefficient (Wildman–Crippen LogP) is 3.61. The minimum absolute atomic E-state index is 0.000504. The first-order valence-electron chi connectivity index (χ1n) is 7.58. The molecule has 0 spiro atoms. The standard InChI is InChI=1S/C19H14ClNO4/c1-11(17(22)12-6-8-14(20)9-7-12)25-19(24)16-10-13-4-2-3-5-15(13)18(23)21-16/h2-11H,1H3,(H,21,23)/t11-/m1/s1. The van der Waals surface area contributed by atoms with Crippen LogP contribution in [0.4, 0.5) is 0 Å². The summed E-state index contributed by atoms with van der Waals surface area (Å²) < 4.78 is 5.20. The number of pyridine rings is 1. The van der Waals surface area contributed by atoms with Gasteiger partial charge >= 0.3 is 5.97 Å². The van der Waals surface area contributed by atoms with Crippen LogP contribution in [-0.4, -0.2) is 22.8 Å². The number of hydrogen-bond donors (Lipinski definition) is 1. The first kappa shape index (κ1) is 16.9. The highest BCUT2D eigenvalue weighted by Gasteiger charge is 2.21. The van der Waals surface area contributed by atoms with Crippen molar-refractivity contribution < 1.29 is 14.3 Å². The van der Waals surface area contributed by atoms with Gasteiger partial charge in [-0.3, -0.25) is 9.59 Å². The lowest BCUT2D eigenvalue weighted by atomic mass is 10.1. The van der Waals surface area contributed by atoms with E-state index in [0.717, 1.165) is 0 Å². The van der Waals surface area contributed by atoms with Crippen molar-refractivity contribution in [1.82, 2.24) is 4.98 Å². The summed E-state index contributed by atoms with van der Waals surface area (Å²) in [4.78, 5) is 39.1. The Hall–Kier alpha value is -2.92. The number of H-pyrrole nitrogens is 1. The van der Waals surface area contributed by atoms with Crippen LogP contribution in [-0.2, 0) is 4.74 Å². The molecule has 6 heteroatoms. The van der Waals surface area contributed by atoms with E-state index in [0.29, 0.717) is 21.4 Å². The molecule has 0 bridgehead atoms. The van der Waals surface area contributed by atoms with Gasteiger partial charge in [0.05, 0.1) is 0 Å². The van der Waals surface area contributed by atoms with Gasteiger partial charge in [-0.1, -0.05) is 29.8 Å². The summed E-state index contributed by atoms with van der Waals surface area (Å²) in [6.07, 6.45) is -0.997. The number of ketones is 1. The van der Waals surface area contributed by atoms with Crippen molar-refractivity contribution in [2.75, 3.05) is 0 Å². The minimum atomic E-state index is -0.997. The van der Waals surface area contributed by atoms with Crippen LogP contribution in [0, 0.1) is 0 Å². The molecule has 2 aromatic carbocycles. The lowest BCUT2D eigenvalue weighted by Gasteiger charge is -2.12. The molecule has 0 saturated carbocycles. The molecule has 1 atom stereocenters. The van der Waals surface area contributed by atoms with Crippen molar-refractivity contribution in [3.63, 3.8) is 0 Å². The average molecular weight is 356 g/mol. The van der Waals surface area contributed by atoms with Gasteiger partial charge in [-0.25, -0.2) is 4.79 Å². The zero-order valence-corrected chi connectivity index (χ0v) is 14.0. The molecule has 0 amide bonds. The lowest BCUT2D eigenvalue weighted by Crippen LogP contribution is -2.26. The molecule has 0 unspecified atom stereocenters. The first-order chi connectivity index (χ1) is 12.0. The average Bonchev–Trinajstić information content (AvgIpc) is 2.61. The van der Waals surface area contributed by atoms with E-state index in [1.54, 1.807) is 48.5 Å². The van der Waals surface area contributed by atoms with Crippen LogP contribution in [0.2, 0.25) is 5.02 Å². The third-order valence-corrected chi connectivity index (χ3v) is 4.01. The number of hydrogen-bond acceptors (Lipinski definition) is 4. The number of esters is 1. The van der Waals surface area contributed by atoms with Crippen LogP contribution in [0.3, 0.4) is 0 Å². The van der Waals surface area contributed by atoms with Gasteiger partial charge < -0.3 is 9.72 Å². The fourth-order valence-corrected chi connectivity index (χ4v) is 2.57. The van der Waals surface area contributed by atoms with Gasteiger partial charge in [-0.2, -0.15) is 0 Å². The maximum absolute atomic E-state index is 12.3. The topological polar surface area (TPSA) is 76.2 Å². The Bertz CT molecular complexity index is 1010. The van der Waals surface area contributed by atoms with Gasteiger partial charge in [0.2, 0.25) is 5.78 Å². The number of fused-ring (bicyclic) bond motifs is 1. The molecular weight excluding hydrogens is 342 g/mol. The first-order valence-corrected chi connectivity index (χ1v) is 7.96. The molecular formula is C19H14ClNO4. The van der Waals surface area contributed by atoms with Gasteiger partial charge in [0.25, 0.3) is 5.56 Å². The van der Waals surface area contributed by atoms with Gasteiger partial charge in [-0.15, -0.1) is 0 Å². The van der Waals surface area contributed by atoms with Crippen molar-refractivity contribution in [2.45, 2.75) is 13.0 Å². The Morgan fingerprint density at radius 1 is 1.08 bits per heavy atom. The summed E-state index contributed by atoms with van der Waals surface area (Å²) >= 11 is 5.79. The molecule has 1 N–H and O–H groups in total. The molecule has 126 valence electrons. The molecule has 3 rings (SSSR count). The number of carbonyl (C=O) groups is 2. The number of Topliss-reactive ketones (excluding diaryl/α,β-unsaturated/α-hetero) is 1. The Kier molecular flexibility index (Phi) is 4.67. The van der Waals surface area contributed by atoms with Crippen LogP contribution in [0.5, 0.6) is 0 Å². The van der Waals surface area contributed by atoms with Crippen LogP contribution >= 0.6 is 11.6 Å². The second-order valence-electron chi connectivity index (χ2n) is 5.52. The van der Waals surface area contributed by atoms with Crippen LogP contribution in [0.25, 0.3) is 10.8 Å². The van der Waals surface area contributed by atoms with E-state index in [4.69, 9.17) is 16.3 Å². The lowest BCUT2D eigenvalue weighted by molar-refractivity contribution is 0.0313. The molecule has 5 nitrogen and oxygen atoms in total. The number of rotatable bonds is 4. The second kappa shape index (κ2) is 6.91. The number of nitrogens with one attached hydrogen (secondary N) is 1. The van der Waals surface area contributed by atoms with Crippen molar-refractivity contribution in [2.24, 2.45) is 0 Å². The van der Waals surface area contributed by atoms with Crippen molar-refractivity contribution in [3.8, 4) is 0 Å². The molecule has 3 aromatic rings. The summed E-state index contributed by atoms with van der Waals surface area (Å²) in [5, 5.41) is 1.61. The van der Waals surface area contributed by atoms with Crippen LogP contribution < -0.4 is 5.56 Å². The number of aromatic nitrogens is 1. The SMILES string of the molecule is C[C@@H](OC(=O)c1cc2ccccc2c(=O)[nH]1)C(=O)c1ccc(Cl)cc1. The third kappa shape index (κ3) is 3.61.